The number of hydrogen-bond acceptors (Lipinski definition) is 5. The van der Waals surface area contributed by atoms with Crippen LogP contribution in [0.4, 0.5) is 0 Å². The summed E-state index contributed by atoms with van der Waals surface area (Å²) in [5.74, 6) is 0.222. The van der Waals surface area contributed by atoms with Crippen LogP contribution < -0.4 is 4.74 Å². The first-order valence-corrected chi connectivity index (χ1v) is 7.03. The van der Waals surface area contributed by atoms with Gasteiger partial charge in [0.1, 0.15) is 11.9 Å². The lowest BCUT2D eigenvalue weighted by atomic mass is 9.65. The van der Waals surface area contributed by atoms with E-state index in [1.807, 2.05) is 18.2 Å². The zero-order valence-electron chi connectivity index (χ0n) is 12.2. The lowest BCUT2D eigenvalue weighted by molar-refractivity contribution is -0.145. The Kier molecular flexibility index (Phi) is 3.35. The van der Waals surface area contributed by atoms with E-state index in [9.17, 15) is 9.59 Å². The number of carbonyl (C=O) groups is 2. The van der Waals surface area contributed by atoms with Crippen molar-refractivity contribution < 1.29 is 23.8 Å². The zero-order valence-corrected chi connectivity index (χ0v) is 12.2. The Morgan fingerprint density at radius 2 is 2.24 bits per heavy atom. The van der Waals surface area contributed by atoms with Crippen LogP contribution in [0.2, 0.25) is 0 Å². The highest BCUT2D eigenvalue weighted by Crippen LogP contribution is 2.49. The molecule has 5 nitrogen and oxygen atoms in total. The third-order valence-electron chi connectivity index (χ3n) is 4.56. The summed E-state index contributed by atoms with van der Waals surface area (Å²) < 4.78 is 15.5. The Bertz CT molecular complexity index is 594. The van der Waals surface area contributed by atoms with Crippen LogP contribution in [0.15, 0.2) is 18.2 Å². The van der Waals surface area contributed by atoms with Crippen molar-refractivity contribution in [2.24, 2.45) is 0 Å². The Hall–Kier alpha value is -2.04. The number of fused-ring (bicyclic) bond motifs is 3. The summed E-state index contributed by atoms with van der Waals surface area (Å²) in [4.78, 5) is 23.7. The van der Waals surface area contributed by atoms with Crippen molar-refractivity contribution in [3.8, 4) is 5.75 Å². The summed E-state index contributed by atoms with van der Waals surface area (Å²) in [5.41, 5.74) is 1.54. The molecule has 0 spiro atoms. The maximum absolute atomic E-state index is 11.8. The summed E-state index contributed by atoms with van der Waals surface area (Å²) in [6.45, 7) is 0. The van der Waals surface area contributed by atoms with Gasteiger partial charge in [0, 0.05) is 0 Å². The molecule has 1 aromatic carbocycles. The quantitative estimate of drug-likeness (QED) is 0.794. The molecule has 21 heavy (non-hydrogen) atoms. The van der Waals surface area contributed by atoms with E-state index in [1.165, 1.54) is 7.11 Å². The highest BCUT2D eigenvalue weighted by Gasteiger charge is 2.54. The molecule has 5 heteroatoms. The monoisotopic (exact) mass is 290 g/mol. The van der Waals surface area contributed by atoms with E-state index in [0.29, 0.717) is 0 Å². The SMILES string of the molecule is COC(=O)CC12CC(=O)OC1CCc1cc(OC)ccc12. The van der Waals surface area contributed by atoms with E-state index in [1.54, 1.807) is 7.11 Å². The smallest absolute Gasteiger partial charge is 0.307 e. The van der Waals surface area contributed by atoms with Crippen molar-refractivity contribution >= 4 is 11.9 Å². The number of hydrogen-bond donors (Lipinski definition) is 0. The lowest BCUT2D eigenvalue weighted by Crippen LogP contribution is -2.42. The van der Waals surface area contributed by atoms with Gasteiger partial charge in [0.2, 0.25) is 0 Å². The summed E-state index contributed by atoms with van der Waals surface area (Å²) in [6.07, 6.45) is 1.69. The largest absolute Gasteiger partial charge is 0.497 e. The van der Waals surface area contributed by atoms with Gasteiger partial charge in [-0.05, 0) is 36.1 Å². The average Bonchev–Trinajstić information content (AvgIpc) is 2.82. The van der Waals surface area contributed by atoms with E-state index < -0.39 is 5.41 Å². The van der Waals surface area contributed by atoms with Crippen LogP contribution in [0, 0.1) is 0 Å². The Balaban J connectivity index is 2.08. The molecule has 2 aliphatic rings. The van der Waals surface area contributed by atoms with Gasteiger partial charge in [-0.15, -0.1) is 0 Å². The molecule has 1 aliphatic heterocycles. The van der Waals surface area contributed by atoms with E-state index in [0.717, 1.165) is 29.7 Å². The molecule has 112 valence electrons. The van der Waals surface area contributed by atoms with Crippen LogP contribution in [-0.4, -0.2) is 32.3 Å². The number of methoxy groups -OCH3 is 2. The van der Waals surface area contributed by atoms with Gasteiger partial charge in [0.15, 0.2) is 0 Å². The molecule has 2 unspecified atom stereocenters. The average molecular weight is 290 g/mol. The number of rotatable bonds is 3. The molecule has 0 amide bonds. The van der Waals surface area contributed by atoms with Crippen LogP contribution in [0.25, 0.3) is 0 Å². The first kappa shape index (κ1) is 13.9. The highest BCUT2D eigenvalue weighted by molar-refractivity contribution is 5.80. The second-order valence-electron chi connectivity index (χ2n) is 5.63. The third kappa shape index (κ3) is 2.17. The van der Waals surface area contributed by atoms with Crippen molar-refractivity contribution in [1.82, 2.24) is 0 Å². The standard InChI is InChI=1S/C16H18O5/c1-19-11-4-5-12-10(7-11)3-6-13-16(12,8-14(17)20-2)9-15(18)21-13/h4-5,7,13H,3,6,8-9H2,1-2H3. The second-order valence-corrected chi connectivity index (χ2v) is 5.63. The molecule has 0 radical (unpaired) electrons. The lowest BCUT2D eigenvalue weighted by Gasteiger charge is -2.38. The summed E-state index contributed by atoms with van der Waals surface area (Å²) in [5, 5.41) is 0. The van der Waals surface area contributed by atoms with Crippen LogP contribution in [0.3, 0.4) is 0 Å². The predicted molar refractivity (Wildman–Crippen MR) is 74.1 cm³/mol. The summed E-state index contributed by atoms with van der Waals surface area (Å²) in [6, 6.07) is 5.79. The van der Waals surface area contributed by atoms with Gasteiger partial charge in [-0.2, -0.15) is 0 Å². The molecule has 0 N–H and O–H groups in total. The minimum atomic E-state index is -0.593. The minimum Gasteiger partial charge on any atom is -0.497 e. The normalized spacial score (nSPS) is 26.6. The Labute approximate surface area is 123 Å². The maximum Gasteiger partial charge on any atom is 0.307 e. The third-order valence-corrected chi connectivity index (χ3v) is 4.56. The fourth-order valence-corrected chi connectivity index (χ4v) is 3.57. The van der Waals surface area contributed by atoms with Crippen LogP contribution in [-0.2, 0) is 30.9 Å². The molecule has 1 aliphatic carbocycles. The number of carbonyl (C=O) groups excluding carboxylic acids is 2. The van der Waals surface area contributed by atoms with Gasteiger partial charge in [0.05, 0.1) is 32.5 Å². The fraction of sp³-hybridized carbons (Fsp3) is 0.500. The zero-order chi connectivity index (χ0) is 15.0. The number of esters is 2. The molecular formula is C16H18O5. The first-order valence-electron chi connectivity index (χ1n) is 7.03. The van der Waals surface area contributed by atoms with Gasteiger partial charge in [0.25, 0.3) is 0 Å². The summed E-state index contributed by atoms with van der Waals surface area (Å²) in [7, 11) is 2.99. The van der Waals surface area contributed by atoms with E-state index in [-0.39, 0.29) is 30.9 Å². The highest BCUT2D eigenvalue weighted by atomic mass is 16.6. The maximum atomic E-state index is 11.8. The van der Waals surface area contributed by atoms with E-state index >= 15 is 0 Å². The van der Waals surface area contributed by atoms with Crippen molar-refractivity contribution in [3.05, 3.63) is 29.3 Å². The molecule has 0 bridgehead atoms. The van der Waals surface area contributed by atoms with E-state index in [4.69, 9.17) is 14.2 Å². The molecule has 3 rings (SSSR count). The summed E-state index contributed by atoms with van der Waals surface area (Å²) >= 11 is 0. The van der Waals surface area contributed by atoms with Crippen molar-refractivity contribution in [2.75, 3.05) is 14.2 Å². The molecule has 1 fully saturated rings. The molecule has 1 heterocycles. The van der Waals surface area contributed by atoms with Gasteiger partial charge < -0.3 is 14.2 Å². The number of benzene rings is 1. The second kappa shape index (κ2) is 5.06. The van der Waals surface area contributed by atoms with Crippen LogP contribution in [0.5, 0.6) is 5.75 Å². The topological polar surface area (TPSA) is 61.8 Å². The van der Waals surface area contributed by atoms with E-state index in [2.05, 4.69) is 0 Å². The van der Waals surface area contributed by atoms with Crippen molar-refractivity contribution in [2.45, 2.75) is 37.2 Å². The van der Waals surface area contributed by atoms with Gasteiger partial charge in [-0.1, -0.05) is 6.07 Å². The number of aryl methyl sites for hydroxylation is 1. The Morgan fingerprint density at radius 3 is 2.95 bits per heavy atom. The molecule has 0 saturated carbocycles. The molecule has 2 atom stereocenters. The molecule has 1 saturated heterocycles. The first-order chi connectivity index (χ1) is 10.1. The number of ether oxygens (including phenoxy) is 3. The van der Waals surface area contributed by atoms with Crippen molar-refractivity contribution in [3.63, 3.8) is 0 Å². The predicted octanol–water partition coefficient (Wildman–Crippen LogP) is 1.76. The molecular weight excluding hydrogens is 272 g/mol. The van der Waals surface area contributed by atoms with Gasteiger partial charge >= 0.3 is 11.9 Å². The Morgan fingerprint density at radius 1 is 1.43 bits per heavy atom. The van der Waals surface area contributed by atoms with Crippen LogP contribution in [0.1, 0.15) is 30.4 Å². The van der Waals surface area contributed by atoms with Gasteiger partial charge in [-0.25, -0.2) is 0 Å². The molecule has 0 aromatic heterocycles. The van der Waals surface area contributed by atoms with Crippen LogP contribution >= 0.6 is 0 Å². The molecule has 1 aromatic rings. The fourth-order valence-electron chi connectivity index (χ4n) is 3.57. The van der Waals surface area contributed by atoms with Crippen molar-refractivity contribution in [1.29, 1.82) is 0 Å². The van der Waals surface area contributed by atoms with Gasteiger partial charge in [-0.3, -0.25) is 9.59 Å². The minimum absolute atomic E-state index is 0.166.